The van der Waals surface area contributed by atoms with Crippen LogP contribution in [0, 0.1) is 0 Å². The molecule has 1 aromatic rings. The van der Waals surface area contributed by atoms with E-state index < -0.39 is 6.04 Å². The highest BCUT2D eigenvalue weighted by Crippen LogP contribution is 2.19. The maximum Gasteiger partial charge on any atom is 0.243 e. The molecule has 1 heterocycles. The van der Waals surface area contributed by atoms with Gasteiger partial charge in [-0.25, -0.2) is 0 Å². The fourth-order valence-electron chi connectivity index (χ4n) is 3.87. The van der Waals surface area contributed by atoms with E-state index in [9.17, 15) is 9.59 Å². The van der Waals surface area contributed by atoms with Gasteiger partial charge in [-0.3, -0.25) is 9.59 Å². The second kappa shape index (κ2) is 14.6. The second-order valence-corrected chi connectivity index (χ2v) is 8.75. The maximum absolute atomic E-state index is 13.0. The molecule has 0 unspecified atom stereocenters. The summed E-state index contributed by atoms with van der Waals surface area (Å²) in [6.07, 6.45) is 1.54. The first kappa shape index (κ1) is 27.6. The Balaban J connectivity index is 1.98. The predicted molar refractivity (Wildman–Crippen MR) is 134 cm³/mol. The summed E-state index contributed by atoms with van der Waals surface area (Å²) in [5, 5.41) is 7.27. The van der Waals surface area contributed by atoms with Gasteiger partial charge in [0.05, 0.1) is 19.4 Å². The van der Waals surface area contributed by atoms with Crippen molar-refractivity contribution in [3.05, 3.63) is 29.8 Å². The molecule has 1 atom stereocenters. The molecule has 0 radical (unpaired) electrons. The largest absolute Gasteiger partial charge is 0.497 e. The molecule has 0 bridgehead atoms. The number of likely N-dealkylation sites (N-methyl/N-ethyl adjacent to an activating group) is 1. The van der Waals surface area contributed by atoms with Crippen LogP contribution in [-0.2, 0) is 21.0 Å². The van der Waals surface area contributed by atoms with Gasteiger partial charge >= 0.3 is 0 Å². The molecule has 1 aliphatic rings. The van der Waals surface area contributed by atoms with Crippen LogP contribution >= 0.6 is 0 Å². The fraction of sp³-hybridized carbons (Fsp3) is 0.640. The van der Waals surface area contributed by atoms with Crippen LogP contribution in [0.15, 0.2) is 29.4 Å². The third kappa shape index (κ3) is 8.95. The second-order valence-electron chi connectivity index (χ2n) is 8.75. The van der Waals surface area contributed by atoms with Crippen molar-refractivity contribution in [3.8, 4) is 5.75 Å². The van der Waals surface area contributed by atoms with E-state index in [2.05, 4.69) is 34.1 Å². The minimum atomic E-state index is -0.549. The molecule has 1 saturated heterocycles. The smallest absolute Gasteiger partial charge is 0.243 e. The minimum absolute atomic E-state index is 0.0221. The number of oxime groups is 1. The number of carbonyl (C=O) groups excluding carboxylic acids is 2. The number of methoxy groups -OCH3 is 1. The third-order valence-electron chi connectivity index (χ3n) is 5.98. The third-order valence-corrected chi connectivity index (χ3v) is 5.98. The van der Waals surface area contributed by atoms with Gasteiger partial charge in [0, 0.05) is 25.9 Å². The topological polar surface area (TPSA) is 86.7 Å². The molecule has 9 nitrogen and oxygen atoms in total. The van der Waals surface area contributed by atoms with Gasteiger partial charge in [-0.15, -0.1) is 0 Å². The zero-order valence-electron chi connectivity index (χ0n) is 21.4. The predicted octanol–water partition coefficient (Wildman–Crippen LogP) is 1.97. The van der Waals surface area contributed by atoms with Crippen LogP contribution in [0.25, 0.3) is 0 Å². The number of rotatable bonds is 14. The van der Waals surface area contributed by atoms with E-state index in [0.29, 0.717) is 38.2 Å². The standard InChI is InChI=1S/C25H41N5O4/c1-6-29(7-2)16-14-26-25(32)23-17-21(18-30(23)24(31)9-8-15-28(3)4)27-34-19-20-10-12-22(33-5)13-11-20/h10-13,23H,6-9,14-19H2,1-5H3,(H,26,32)/t23-/m0/s1. The summed E-state index contributed by atoms with van der Waals surface area (Å²) in [5.74, 6) is 0.628. The molecule has 1 aromatic carbocycles. The number of carbonyl (C=O) groups is 2. The van der Waals surface area contributed by atoms with Gasteiger partial charge < -0.3 is 29.6 Å². The van der Waals surface area contributed by atoms with E-state index in [4.69, 9.17) is 9.57 Å². The van der Waals surface area contributed by atoms with Crippen molar-refractivity contribution in [2.24, 2.45) is 5.16 Å². The van der Waals surface area contributed by atoms with Crippen molar-refractivity contribution in [2.75, 3.05) is 60.5 Å². The van der Waals surface area contributed by atoms with E-state index in [0.717, 1.165) is 43.9 Å². The highest BCUT2D eigenvalue weighted by atomic mass is 16.6. The van der Waals surface area contributed by atoms with Gasteiger partial charge in [0.2, 0.25) is 11.8 Å². The van der Waals surface area contributed by atoms with Crippen LogP contribution in [0.3, 0.4) is 0 Å². The van der Waals surface area contributed by atoms with Gasteiger partial charge in [-0.1, -0.05) is 31.1 Å². The van der Waals surface area contributed by atoms with Crippen LogP contribution in [-0.4, -0.2) is 98.7 Å². The number of ether oxygens (including phenoxy) is 1. The average Bonchev–Trinajstić information content (AvgIpc) is 3.26. The Morgan fingerprint density at radius 2 is 1.85 bits per heavy atom. The van der Waals surface area contributed by atoms with E-state index in [1.807, 2.05) is 38.4 Å². The van der Waals surface area contributed by atoms with E-state index >= 15 is 0 Å². The molecule has 2 amide bonds. The quantitative estimate of drug-likeness (QED) is 0.414. The number of nitrogens with one attached hydrogen (secondary N) is 1. The Morgan fingerprint density at radius 1 is 1.15 bits per heavy atom. The molecule has 2 rings (SSSR count). The lowest BCUT2D eigenvalue weighted by Gasteiger charge is -2.24. The Hall–Kier alpha value is -2.65. The summed E-state index contributed by atoms with van der Waals surface area (Å²) in [6.45, 7) is 8.88. The molecule has 0 saturated carbocycles. The van der Waals surface area contributed by atoms with Gasteiger partial charge in [0.25, 0.3) is 0 Å². The van der Waals surface area contributed by atoms with Crippen molar-refractivity contribution in [3.63, 3.8) is 0 Å². The Kier molecular flexibility index (Phi) is 11.8. The lowest BCUT2D eigenvalue weighted by atomic mass is 10.1. The molecule has 9 heteroatoms. The Morgan fingerprint density at radius 3 is 2.47 bits per heavy atom. The summed E-state index contributed by atoms with van der Waals surface area (Å²) in [7, 11) is 5.59. The van der Waals surface area contributed by atoms with Gasteiger partial charge in [0.15, 0.2) is 0 Å². The van der Waals surface area contributed by atoms with Crippen molar-refractivity contribution in [2.45, 2.75) is 45.8 Å². The summed E-state index contributed by atoms with van der Waals surface area (Å²) in [5.41, 5.74) is 1.67. The Bertz CT molecular complexity index is 793. The molecule has 1 aliphatic heterocycles. The lowest BCUT2D eigenvalue weighted by Crippen LogP contribution is -2.47. The van der Waals surface area contributed by atoms with Gasteiger partial charge in [-0.2, -0.15) is 0 Å². The molecule has 0 spiro atoms. The van der Waals surface area contributed by atoms with E-state index in [-0.39, 0.29) is 11.8 Å². The number of nitrogens with zero attached hydrogens (tertiary/aromatic N) is 4. The van der Waals surface area contributed by atoms with E-state index in [1.165, 1.54) is 0 Å². The molecule has 0 aromatic heterocycles. The molecular weight excluding hydrogens is 434 g/mol. The van der Waals surface area contributed by atoms with Gasteiger partial charge in [0.1, 0.15) is 18.4 Å². The van der Waals surface area contributed by atoms with Crippen LogP contribution in [0.4, 0.5) is 0 Å². The summed E-state index contributed by atoms with van der Waals surface area (Å²) in [4.78, 5) is 37.4. The molecular formula is C25H41N5O4. The van der Waals surface area contributed by atoms with E-state index in [1.54, 1.807) is 12.0 Å². The first-order valence-electron chi connectivity index (χ1n) is 12.1. The minimum Gasteiger partial charge on any atom is -0.497 e. The zero-order chi connectivity index (χ0) is 24.9. The summed E-state index contributed by atoms with van der Waals surface area (Å²) < 4.78 is 5.17. The average molecular weight is 476 g/mol. The molecule has 34 heavy (non-hydrogen) atoms. The molecule has 1 N–H and O–H groups in total. The van der Waals surface area contributed by atoms with Crippen molar-refractivity contribution in [1.29, 1.82) is 0 Å². The highest BCUT2D eigenvalue weighted by Gasteiger charge is 2.37. The van der Waals surface area contributed by atoms with Crippen LogP contribution < -0.4 is 10.1 Å². The number of hydrogen-bond donors (Lipinski definition) is 1. The molecule has 190 valence electrons. The van der Waals surface area contributed by atoms with Crippen molar-refractivity contribution in [1.82, 2.24) is 20.0 Å². The summed E-state index contributed by atoms with van der Waals surface area (Å²) in [6, 6.07) is 7.02. The normalized spacial score (nSPS) is 17.0. The SMILES string of the molecule is CCN(CC)CCNC(=O)[C@@H]1CC(=NOCc2ccc(OC)cc2)CN1C(=O)CCCN(C)C. The number of hydrogen-bond acceptors (Lipinski definition) is 7. The van der Waals surface area contributed by atoms with Crippen LogP contribution in [0.5, 0.6) is 5.75 Å². The number of likely N-dealkylation sites (tertiary alicyclic amines) is 1. The number of benzene rings is 1. The lowest BCUT2D eigenvalue weighted by molar-refractivity contribution is -0.138. The highest BCUT2D eigenvalue weighted by molar-refractivity contribution is 6.00. The number of amides is 2. The van der Waals surface area contributed by atoms with Crippen LogP contribution in [0.2, 0.25) is 0 Å². The monoisotopic (exact) mass is 475 g/mol. The van der Waals surface area contributed by atoms with Crippen molar-refractivity contribution < 1.29 is 19.2 Å². The zero-order valence-corrected chi connectivity index (χ0v) is 21.4. The van der Waals surface area contributed by atoms with Gasteiger partial charge in [-0.05, 0) is 57.8 Å². The van der Waals surface area contributed by atoms with Crippen molar-refractivity contribution >= 4 is 17.5 Å². The summed E-state index contributed by atoms with van der Waals surface area (Å²) >= 11 is 0. The maximum atomic E-state index is 13.0. The Labute approximate surface area is 204 Å². The fourth-order valence-corrected chi connectivity index (χ4v) is 3.87. The molecule has 1 fully saturated rings. The molecule has 0 aliphatic carbocycles. The first-order valence-corrected chi connectivity index (χ1v) is 12.1. The van der Waals surface area contributed by atoms with Crippen LogP contribution in [0.1, 0.15) is 38.7 Å². The first-order chi connectivity index (χ1) is 16.4.